The molecule has 2 unspecified atom stereocenters. The lowest BCUT2D eigenvalue weighted by Crippen LogP contribution is -2.78. The van der Waals surface area contributed by atoms with Crippen LogP contribution in [-0.2, 0) is 33.6 Å². The Bertz CT molecular complexity index is 4570. The molecule has 111 heavy (non-hydrogen) atoms. The molecule has 3 aromatic heterocycles. The third-order valence-electron chi connectivity index (χ3n) is 24.4. The maximum absolute atomic E-state index is 13.9. The van der Waals surface area contributed by atoms with Gasteiger partial charge in [0.2, 0.25) is 0 Å². The lowest BCUT2D eigenvalue weighted by molar-refractivity contribution is -0.204. The van der Waals surface area contributed by atoms with Crippen LogP contribution in [0.1, 0.15) is 219 Å². The Morgan fingerprint density at radius 2 is 0.829 bits per heavy atom. The summed E-state index contributed by atoms with van der Waals surface area (Å²) in [5, 5.41) is 22.0. The van der Waals surface area contributed by atoms with Gasteiger partial charge in [-0.3, -0.25) is 38.9 Å². The first-order valence-electron chi connectivity index (χ1n) is 39.9. The van der Waals surface area contributed by atoms with Gasteiger partial charge in [0.1, 0.15) is 33.4 Å². The molecule has 21 heteroatoms. The van der Waals surface area contributed by atoms with Gasteiger partial charge in [0, 0.05) is 111 Å². The molecular formula is C90H111N9O10Si2. The zero-order chi connectivity index (χ0) is 79.3. The summed E-state index contributed by atoms with van der Waals surface area (Å²) in [4.78, 5) is 91.4. The fraction of sp³-hybridized carbons (Fsp3) is 0.500. The number of nitrogens with zero attached hydrogens (tertiary/aromatic N) is 5. The number of rotatable bonds is 21. The summed E-state index contributed by atoms with van der Waals surface area (Å²) in [6.45, 7) is 19.2. The summed E-state index contributed by atoms with van der Waals surface area (Å²) < 4.78 is 16.6. The number of terminal acetylenes is 1. The van der Waals surface area contributed by atoms with Gasteiger partial charge in [-0.05, 0) is 220 Å². The van der Waals surface area contributed by atoms with Crippen LogP contribution in [0, 0.1) is 51.5 Å². The minimum atomic E-state index is -1.71. The molecule has 12 aliphatic rings. The summed E-state index contributed by atoms with van der Waals surface area (Å²) in [6.07, 6.45) is 36.4. The molecule has 19 nitrogen and oxygen atoms in total. The number of ether oxygens (including phenoxy) is 3. The van der Waals surface area contributed by atoms with Crippen molar-refractivity contribution < 1.29 is 48.1 Å². The van der Waals surface area contributed by atoms with E-state index >= 15 is 0 Å². The smallest absolute Gasteiger partial charge is 0.381 e. The number of nitrogens with one attached hydrogen (secondary N) is 4. The maximum atomic E-state index is 13.9. The van der Waals surface area contributed by atoms with Gasteiger partial charge in [-0.1, -0.05) is 117 Å². The highest BCUT2D eigenvalue weighted by Crippen LogP contribution is 2.76. The number of aromatic nitrogens is 3. The normalized spacial score (nSPS) is 27.2. The Balaban J connectivity index is 0.000000147. The highest BCUT2D eigenvalue weighted by atomic mass is 28.3. The SMILES string of the molecule is C#CC(=O)N1[C@@H](CCCC)Cc2cc(OC)ccc2[C@@H]1C12CC(NC(=O)c3ccncc3)(C1)C2.CCCC[C@H]1Cc2cc(OC)ccc2C(C23CC(NC(=O)c4ccncc4)(C2)C3)N1.CCCC[C@H]1Cc2cc(OC)ccc2C(C23CC(NC(=O)c4ccncc4)(C2)C3)N1C(=O)C#C[Si](C)(C)C.C[Si](C)(C)C#CC(=O)O. The van der Waals surface area contributed by atoms with E-state index in [1.807, 2.05) is 36.7 Å². The molecule has 5 amide bonds. The molecule has 3 aliphatic heterocycles. The van der Waals surface area contributed by atoms with Gasteiger partial charge in [-0.25, -0.2) is 4.79 Å². The topological polar surface area (TPSA) is 244 Å². The van der Waals surface area contributed by atoms with Gasteiger partial charge in [0.25, 0.3) is 29.5 Å². The van der Waals surface area contributed by atoms with Crippen LogP contribution >= 0.6 is 0 Å². The Kier molecular flexibility index (Phi) is 24.0. The van der Waals surface area contributed by atoms with Gasteiger partial charge in [-0.15, -0.1) is 17.5 Å². The minimum Gasteiger partial charge on any atom is -0.497 e. The van der Waals surface area contributed by atoms with Crippen LogP contribution in [-0.4, -0.2) is 138 Å². The number of hydrogen-bond donors (Lipinski definition) is 5. The van der Waals surface area contributed by atoms with E-state index in [9.17, 15) is 28.8 Å². The van der Waals surface area contributed by atoms with Crippen LogP contribution < -0.4 is 35.5 Å². The Hall–Kier alpha value is -9.60. The highest BCUT2D eigenvalue weighted by Gasteiger charge is 2.75. The van der Waals surface area contributed by atoms with Crippen molar-refractivity contribution in [1.29, 1.82) is 0 Å². The number of carbonyl (C=O) groups excluding carboxylic acids is 5. The zero-order valence-electron chi connectivity index (χ0n) is 66.9. The molecular weight excluding hydrogens is 1420 g/mol. The molecule has 9 fully saturated rings. The van der Waals surface area contributed by atoms with Gasteiger partial charge in [-0.2, -0.15) is 0 Å². The van der Waals surface area contributed by atoms with Crippen molar-refractivity contribution in [3.63, 3.8) is 0 Å². The van der Waals surface area contributed by atoms with E-state index in [0.29, 0.717) is 28.8 Å². The second-order valence-corrected chi connectivity index (χ2v) is 44.6. The second-order valence-electron chi connectivity index (χ2n) is 35.1. The molecule has 3 aromatic carbocycles. The fourth-order valence-corrected chi connectivity index (χ4v) is 20.8. The largest absolute Gasteiger partial charge is 0.497 e. The first-order valence-corrected chi connectivity index (χ1v) is 46.9. The standard InChI is InChI=1S/C31H39N3O3Si.C28H31N3O3.C25H31N3O2.C6H10O2Si/c1-6-7-8-24-17-23-18-25(37-2)9-10-26(23)28(34(24)27(35)13-16-38(3,4)5)30-19-31(20-30,21-30)33-29(36)22-11-14-32-15-12-22;1-4-6-7-21-14-20-15-22(34-3)8-9-23(20)25(31(21)24(32)5-2)27-16-28(17-27,18-27)30-26(33)19-10-12-29-13-11-19;1-3-4-5-19-12-18-13-20(30-2)6-7-21(18)22(27-19)24-14-25(15-24,16-24)28-23(29)17-8-10-26-11-9-17;1-9(2,3)5-4-6(7)8/h9-12,14-15,18,24,28H,6-8,17,19-21H2,1-5H3,(H,33,36);2,8-13,15,21,25H,4,6-7,14,16-18H2,1,3H3,(H,30,33);6-11,13,19,22,27H,3-5,12,14-16H2,1-2H3,(H,28,29);1-3H3,(H,7,8)/t24-,28?,30?,31?;21-,25+,27?,28?;19-,22?,24?,25?;/m000./s1. The van der Waals surface area contributed by atoms with Crippen LogP contribution in [0.4, 0.5) is 0 Å². The van der Waals surface area contributed by atoms with Gasteiger partial charge in [0.15, 0.2) is 0 Å². The van der Waals surface area contributed by atoms with E-state index < -0.39 is 22.1 Å². The fourth-order valence-electron chi connectivity index (χ4n) is 19.8. The number of carboxylic acid groups (broad SMARTS) is 1. The monoisotopic (exact) mass is 1530 g/mol. The van der Waals surface area contributed by atoms with Gasteiger partial charge < -0.3 is 50.4 Å². The van der Waals surface area contributed by atoms with E-state index in [0.717, 1.165) is 133 Å². The van der Waals surface area contributed by atoms with Crippen molar-refractivity contribution in [1.82, 2.24) is 46.0 Å². The number of amides is 5. The van der Waals surface area contributed by atoms with E-state index in [2.05, 4.69) is 153 Å². The average Bonchev–Trinajstić information content (AvgIpc) is 0.674. The van der Waals surface area contributed by atoms with Crippen LogP contribution in [0.3, 0.4) is 0 Å². The number of carbonyl (C=O) groups is 6. The summed E-state index contributed by atoms with van der Waals surface area (Å²) >= 11 is 0. The molecule has 18 rings (SSSR count). The number of carboxylic acids is 1. The Labute approximate surface area is 658 Å². The predicted octanol–water partition coefficient (Wildman–Crippen LogP) is 14.5. The number of fused-ring (bicyclic) bond motifs is 3. The van der Waals surface area contributed by atoms with Crippen molar-refractivity contribution in [3.05, 3.63) is 178 Å². The third kappa shape index (κ3) is 17.4. The van der Waals surface area contributed by atoms with E-state index in [4.69, 9.17) is 25.7 Å². The molecule has 5 N–H and O–H groups in total. The van der Waals surface area contributed by atoms with Crippen LogP contribution in [0.25, 0.3) is 0 Å². The molecule has 0 radical (unpaired) electrons. The molecule has 6 heterocycles. The molecule has 6 atom stereocenters. The Morgan fingerprint density at radius 3 is 1.17 bits per heavy atom. The van der Waals surface area contributed by atoms with Crippen molar-refractivity contribution in [2.45, 2.75) is 248 Å². The molecule has 9 aliphatic carbocycles. The summed E-state index contributed by atoms with van der Waals surface area (Å²) in [6, 6.07) is 30.6. The predicted molar refractivity (Wildman–Crippen MR) is 436 cm³/mol. The average molecular weight is 1540 g/mol. The number of aliphatic carboxylic acids is 1. The van der Waals surface area contributed by atoms with Gasteiger partial charge >= 0.3 is 5.97 Å². The molecule has 9 saturated carbocycles. The lowest BCUT2D eigenvalue weighted by Gasteiger charge is -2.74. The van der Waals surface area contributed by atoms with E-state index in [-0.39, 0.29) is 86.6 Å². The quantitative estimate of drug-likeness (QED) is 0.0333. The number of hydrogen-bond acceptors (Lipinski definition) is 13. The van der Waals surface area contributed by atoms with Crippen LogP contribution in [0.15, 0.2) is 128 Å². The van der Waals surface area contributed by atoms with Crippen molar-refractivity contribution in [3.8, 4) is 52.5 Å². The van der Waals surface area contributed by atoms with E-state index in [1.54, 1.807) is 94.9 Å². The van der Waals surface area contributed by atoms with E-state index in [1.165, 1.54) is 52.6 Å². The third-order valence-corrected chi connectivity index (χ3v) is 26.1. The van der Waals surface area contributed by atoms with Crippen molar-refractivity contribution in [2.75, 3.05) is 21.3 Å². The van der Waals surface area contributed by atoms with Gasteiger partial charge in [0.05, 0.1) is 33.4 Å². The maximum Gasteiger partial charge on any atom is 0.381 e. The summed E-state index contributed by atoms with van der Waals surface area (Å²) in [5.74, 6) is 8.84. The number of benzene rings is 3. The molecule has 6 bridgehead atoms. The number of methoxy groups -OCH3 is 3. The molecule has 6 aromatic rings. The second kappa shape index (κ2) is 33.0. The Morgan fingerprint density at radius 1 is 0.486 bits per heavy atom. The zero-order valence-corrected chi connectivity index (χ0v) is 68.9. The minimum absolute atomic E-state index is 0.0215. The van der Waals surface area contributed by atoms with Crippen molar-refractivity contribution >= 4 is 51.7 Å². The first kappa shape index (κ1) is 80.9. The molecule has 0 saturated heterocycles. The lowest BCUT2D eigenvalue weighted by atomic mass is 9.36. The highest BCUT2D eigenvalue weighted by molar-refractivity contribution is 6.84. The molecule has 584 valence electrons. The van der Waals surface area contributed by atoms with Crippen LogP contribution in [0.5, 0.6) is 17.2 Å². The number of pyridine rings is 3. The van der Waals surface area contributed by atoms with Crippen molar-refractivity contribution in [2.24, 2.45) is 16.2 Å². The van der Waals surface area contributed by atoms with Crippen LogP contribution in [0.2, 0.25) is 39.3 Å². The molecule has 0 spiro atoms. The first-order chi connectivity index (χ1) is 53.0. The summed E-state index contributed by atoms with van der Waals surface area (Å²) in [7, 11) is 1.96. The summed E-state index contributed by atoms with van der Waals surface area (Å²) in [5.41, 5.74) is 15.5. The number of unbranched alkanes of at least 4 members (excludes halogenated alkanes) is 3.